The number of hydrogen-bond donors (Lipinski definition) is 2. The van der Waals surface area contributed by atoms with E-state index in [2.05, 4.69) is 5.32 Å². The first-order valence-corrected chi connectivity index (χ1v) is 7.22. The summed E-state index contributed by atoms with van der Waals surface area (Å²) in [6.07, 6.45) is 2.20. The average Bonchev–Trinajstić information content (AvgIpc) is 3.18. The molecule has 6 nitrogen and oxygen atoms in total. The van der Waals surface area contributed by atoms with Crippen molar-refractivity contribution in [2.24, 2.45) is 0 Å². The minimum atomic E-state index is -0.869. The third-order valence-corrected chi connectivity index (χ3v) is 3.38. The number of amides is 1. The number of rotatable bonds is 5. The Kier molecular flexibility index (Phi) is 4.34. The van der Waals surface area contributed by atoms with Gasteiger partial charge in [-0.1, -0.05) is 6.07 Å². The van der Waals surface area contributed by atoms with Gasteiger partial charge in [-0.15, -0.1) is 0 Å². The van der Waals surface area contributed by atoms with E-state index < -0.39 is 6.10 Å². The van der Waals surface area contributed by atoms with Crippen LogP contribution < -0.4 is 14.8 Å². The smallest absolute Gasteiger partial charge is 0.244 e. The molecule has 0 fully saturated rings. The number of ether oxygens (including phenoxy) is 2. The Bertz CT molecular complexity index is 734. The Morgan fingerprint density at radius 3 is 2.91 bits per heavy atom. The van der Waals surface area contributed by atoms with E-state index in [9.17, 15) is 9.90 Å². The molecule has 1 aromatic carbocycles. The quantitative estimate of drug-likeness (QED) is 0.827. The molecule has 1 aliphatic heterocycles. The molecule has 120 valence electrons. The molecular formula is C17H17NO5. The van der Waals surface area contributed by atoms with Crippen LogP contribution in [0.1, 0.15) is 23.2 Å². The summed E-state index contributed by atoms with van der Waals surface area (Å²) in [5.74, 6) is 2.21. The van der Waals surface area contributed by atoms with Gasteiger partial charge in [0.15, 0.2) is 11.5 Å². The summed E-state index contributed by atoms with van der Waals surface area (Å²) in [5.41, 5.74) is 0.826. The maximum absolute atomic E-state index is 11.8. The minimum Gasteiger partial charge on any atom is -0.464 e. The van der Waals surface area contributed by atoms with E-state index in [-0.39, 0.29) is 19.2 Å². The Hall–Kier alpha value is -2.73. The van der Waals surface area contributed by atoms with Crippen LogP contribution in [0.3, 0.4) is 0 Å². The van der Waals surface area contributed by atoms with Crippen molar-refractivity contribution < 1.29 is 23.8 Å². The van der Waals surface area contributed by atoms with Crippen LogP contribution >= 0.6 is 0 Å². The molecular weight excluding hydrogens is 298 g/mol. The number of aryl methyl sites for hydroxylation is 1. The van der Waals surface area contributed by atoms with Gasteiger partial charge in [0.2, 0.25) is 12.7 Å². The molecule has 0 saturated carbocycles. The van der Waals surface area contributed by atoms with Crippen LogP contribution in [0.4, 0.5) is 0 Å². The first kappa shape index (κ1) is 15.2. The van der Waals surface area contributed by atoms with Crippen molar-refractivity contribution in [3.05, 3.63) is 53.5 Å². The van der Waals surface area contributed by atoms with Crippen molar-refractivity contribution in [3.8, 4) is 11.5 Å². The van der Waals surface area contributed by atoms with Gasteiger partial charge < -0.3 is 24.3 Å². The lowest BCUT2D eigenvalue weighted by molar-refractivity contribution is -0.116. The zero-order chi connectivity index (χ0) is 16.2. The Labute approximate surface area is 133 Å². The van der Waals surface area contributed by atoms with Crippen molar-refractivity contribution >= 4 is 12.0 Å². The van der Waals surface area contributed by atoms with Gasteiger partial charge in [-0.05, 0) is 42.8 Å². The predicted molar refractivity (Wildman–Crippen MR) is 83.0 cm³/mol. The zero-order valence-corrected chi connectivity index (χ0v) is 12.6. The van der Waals surface area contributed by atoms with Gasteiger partial charge in [-0.2, -0.15) is 0 Å². The molecule has 0 radical (unpaired) electrons. The van der Waals surface area contributed by atoms with Gasteiger partial charge in [0.05, 0.1) is 6.54 Å². The summed E-state index contributed by atoms with van der Waals surface area (Å²) in [5, 5.41) is 12.5. The number of hydrogen-bond acceptors (Lipinski definition) is 5. The standard InChI is InChI=1S/C17H17NO5/c1-11-2-5-14(23-11)13(19)9-18-17(20)7-4-12-3-6-15-16(8-12)22-10-21-15/h2-8,13,19H,9-10H2,1H3,(H,18,20)/b7-4+/t13-/m1/s1. The van der Waals surface area contributed by atoms with Crippen LogP contribution in [0.2, 0.25) is 0 Å². The van der Waals surface area contributed by atoms with Gasteiger partial charge in [-0.25, -0.2) is 0 Å². The molecule has 3 rings (SSSR count). The maximum atomic E-state index is 11.8. The van der Waals surface area contributed by atoms with Crippen LogP contribution in [0.5, 0.6) is 11.5 Å². The summed E-state index contributed by atoms with van der Waals surface area (Å²) >= 11 is 0. The molecule has 0 aliphatic carbocycles. The Morgan fingerprint density at radius 2 is 2.13 bits per heavy atom. The van der Waals surface area contributed by atoms with Crippen molar-refractivity contribution in [1.29, 1.82) is 0 Å². The number of carbonyl (C=O) groups is 1. The summed E-state index contributed by atoms with van der Waals surface area (Å²) < 4.78 is 15.8. The summed E-state index contributed by atoms with van der Waals surface area (Å²) in [6.45, 7) is 2.09. The first-order chi connectivity index (χ1) is 11.1. The monoisotopic (exact) mass is 315 g/mol. The lowest BCUT2D eigenvalue weighted by Gasteiger charge is -2.08. The molecule has 0 bridgehead atoms. The van der Waals surface area contributed by atoms with Crippen LogP contribution in [0.25, 0.3) is 6.08 Å². The molecule has 1 amide bonds. The second-order valence-electron chi connectivity index (χ2n) is 5.16. The predicted octanol–water partition coefficient (Wildman–Crippen LogP) is 2.18. The molecule has 6 heteroatoms. The first-order valence-electron chi connectivity index (χ1n) is 7.22. The third-order valence-electron chi connectivity index (χ3n) is 3.38. The van der Waals surface area contributed by atoms with Gasteiger partial charge in [0.25, 0.3) is 0 Å². The van der Waals surface area contributed by atoms with Crippen LogP contribution in [-0.2, 0) is 4.79 Å². The van der Waals surface area contributed by atoms with Crippen molar-refractivity contribution in [2.75, 3.05) is 13.3 Å². The van der Waals surface area contributed by atoms with Crippen molar-refractivity contribution in [2.45, 2.75) is 13.0 Å². The second kappa shape index (κ2) is 6.58. The van der Waals surface area contributed by atoms with E-state index in [4.69, 9.17) is 13.9 Å². The molecule has 0 saturated heterocycles. The highest BCUT2D eigenvalue weighted by Crippen LogP contribution is 2.32. The van der Waals surface area contributed by atoms with Crippen LogP contribution in [-0.4, -0.2) is 24.4 Å². The fourth-order valence-corrected chi connectivity index (χ4v) is 2.18. The highest BCUT2D eigenvalue weighted by atomic mass is 16.7. The molecule has 2 aromatic rings. The van der Waals surface area contributed by atoms with E-state index in [1.54, 1.807) is 37.3 Å². The lowest BCUT2D eigenvalue weighted by Crippen LogP contribution is -2.26. The van der Waals surface area contributed by atoms with E-state index in [0.29, 0.717) is 23.0 Å². The summed E-state index contributed by atoms with van der Waals surface area (Å²) in [6, 6.07) is 8.88. The molecule has 0 unspecified atom stereocenters. The molecule has 1 atom stereocenters. The maximum Gasteiger partial charge on any atom is 0.244 e. The number of fused-ring (bicyclic) bond motifs is 1. The molecule has 23 heavy (non-hydrogen) atoms. The van der Waals surface area contributed by atoms with E-state index in [1.807, 2.05) is 6.07 Å². The van der Waals surface area contributed by atoms with Gasteiger partial charge in [-0.3, -0.25) is 4.79 Å². The number of aliphatic hydroxyl groups excluding tert-OH is 1. The van der Waals surface area contributed by atoms with Gasteiger partial charge in [0, 0.05) is 6.08 Å². The molecule has 1 aliphatic rings. The van der Waals surface area contributed by atoms with E-state index in [1.165, 1.54) is 6.08 Å². The Balaban J connectivity index is 1.52. The third kappa shape index (κ3) is 3.73. The van der Waals surface area contributed by atoms with Gasteiger partial charge >= 0.3 is 0 Å². The molecule has 1 aromatic heterocycles. The SMILES string of the molecule is Cc1ccc([C@H](O)CNC(=O)/C=C/c2ccc3c(c2)OCO3)o1. The average molecular weight is 315 g/mol. The fraction of sp³-hybridized carbons (Fsp3) is 0.235. The zero-order valence-electron chi connectivity index (χ0n) is 12.6. The van der Waals surface area contributed by atoms with E-state index in [0.717, 1.165) is 5.56 Å². The number of carbonyl (C=O) groups excluding carboxylic acids is 1. The largest absolute Gasteiger partial charge is 0.464 e. The lowest BCUT2D eigenvalue weighted by atomic mass is 10.2. The second-order valence-corrected chi connectivity index (χ2v) is 5.16. The van der Waals surface area contributed by atoms with Crippen LogP contribution in [0.15, 0.2) is 40.8 Å². The number of nitrogens with one attached hydrogen (secondary N) is 1. The number of benzene rings is 1. The normalized spacial score (nSPS) is 14.2. The molecule has 0 spiro atoms. The topological polar surface area (TPSA) is 80.9 Å². The van der Waals surface area contributed by atoms with Crippen molar-refractivity contribution in [1.82, 2.24) is 5.32 Å². The highest BCUT2D eigenvalue weighted by molar-refractivity contribution is 5.91. The molecule has 2 N–H and O–H groups in total. The minimum absolute atomic E-state index is 0.0806. The number of furan rings is 1. The van der Waals surface area contributed by atoms with Gasteiger partial charge in [0.1, 0.15) is 17.6 Å². The fourth-order valence-electron chi connectivity index (χ4n) is 2.18. The summed E-state index contributed by atoms with van der Waals surface area (Å²) in [7, 11) is 0. The summed E-state index contributed by atoms with van der Waals surface area (Å²) in [4.78, 5) is 11.8. The van der Waals surface area contributed by atoms with Crippen LogP contribution in [0, 0.1) is 6.92 Å². The highest BCUT2D eigenvalue weighted by Gasteiger charge is 2.13. The molecule has 2 heterocycles. The number of aliphatic hydroxyl groups is 1. The Morgan fingerprint density at radius 1 is 1.30 bits per heavy atom. The van der Waals surface area contributed by atoms with Crippen molar-refractivity contribution in [3.63, 3.8) is 0 Å². The van der Waals surface area contributed by atoms with E-state index >= 15 is 0 Å².